The Morgan fingerprint density at radius 2 is 2.14 bits per heavy atom. The molecule has 0 unspecified atom stereocenters. The van der Waals surface area contributed by atoms with Crippen LogP contribution in [0.5, 0.6) is 0 Å². The van der Waals surface area contributed by atoms with Crippen LogP contribution in [0, 0.1) is 11.3 Å². The van der Waals surface area contributed by atoms with Crippen LogP contribution < -0.4 is 11.1 Å². The fourth-order valence-electron chi connectivity index (χ4n) is 2.06. The van der Waals surface area contributed by atoms with Crippen LogP contribution in [0.2, 0.25) is 0 Å². The van der Waals surface area contributed by atoms with Gasteiger partial charge in [-0.05, 0) is 18.2 Å². The van der Waals surface area contributed by atoms with Gasteiger partial charge in [-0.2, -0.15) is 5.26 Å². The first-order chi connectivity index (χ1) is 10.5. The highest BCUT2D eigenvalue weighted by Gasteiger charge is 2.22. The van der Waals surface area contributed by atoms with Crippen LogP contribution in [0.25, 0.3) is 5.69 Å². The lowest BCUT2D eigenvalue weighted by Crippen LogP contribution is -2.18. The van der Waals surface area contributed by atoms with Crippen LogP contribution in [-0.4, -0.2) is 30.6 Å². The van der Waals surface area contributed by atoms with Crippen LogP contribution in [0.15, 0.2) is 30.5 Å². The molecule has 2 rings (SSSR count). The average molecular weight is 298 g/mol. The van der Waals surface area contributed by atoms with E-state index in [0.29, 0.717) is 11.3 Å². The Hall–Kier alpha value is -3.27. The van der Waals surface area contributed by atoms with Crippen molar-refractivity contribution in [3.63, 3.8) is 0 Å². The number of nitrogens with one attached hydrogen (secondary N) is 1. The van der Waals surface area contributed by atoms with Crippen molar-refractivity contribution in [1.82, 2.24) is 9.88 Å². The van der Waals surface area contributed by atoms with Crippen LogP contribution in [0.3, 0.4) is 0 Å². The summed E-state index contributed by atoms with van der Waals surface area (Å²) in [5.41, 5.74) is 7.02. The van der Waals surface area contributed by atoms with Gasteiger partial charge in [0.25, 0.3) is 5.91 Å². The fourth-order valence-corrected chi connectivity index (χ4v) is 2.06. The highest BCUT2D eigenvalue weighted by atomic mass is 16.5. The van der Waals surface area contributed by atoms with Gasteiger partial charge in [-0.15, -0.1) is 0 Å². The number of ether oxygens (including phenoxy) is 1. The van der Waals surface area contributed by atoms with E-state index in [2.05, 4.69) is 5.32 Å². The number of esters is 1. The molecule has 0 radical (unpaired) electrons. The maximum Gasteiger partial charge on any atom is 0.357 e. The number of nitrogens with two attached hydrogens (primary N) is 1. The zero-order valence-electron chi connectivity index (χ0n) is 12.1. The number of rotatable bonds is 3. The topological polar surface area (TPSA) is 110 Å². The maximum absolute atomic E-state index is 11.9. The van der Waals surface area contributed by atoms with Crippen molar-refractivity contribution in [2.24, 2.45) is 0 Å². The first-order valence-corrected chi connectivity index (χ1v) is 6.35. The Bertz CT molecular complexity index is 787. The van der Waals surface area contributed by atoms with Crippen molar-refractivity contribution < 1.29 is 14.3 Å². The number of methoxy groups -OCH3 is 1. The highest BCUT2D eigenvalue weighted by Crippen LogP contribution is 2.25. The molecule has 0 bridgehead atoms. The maximum atomic E-state index is 11.9. The Morgan fingerprint density at radius 3 is 2.73 bits per heavy atom. The Kier molecular flexibility index (Phi) is 4.13. The Labute approximate surface area is 126 Å². The molecular formula is C15H14N4O3. The van der Waals surface area contributed by atoms with Crippen LogP contribution in [0.1, 0.15) is 26.4 Å². The summed E-state index contributed by atoms with van der Waals surface area (Å²) in [4.78, 5) is 23.6. The van der Waals surface area contributed by atoms with E-state index in [1.807, 2.05) is 6.07 Å². The zero-order chi connectivity index (χ0) is 16.3. The minimum absolute atomic E-state index is 0.0414. The van der Waals surface area contributed by atoms with E-state index >= 15 is 0 Å². The van der Waals surface area contributed by atoms with Gasteiger partial charge in [0.1, 0.15) is 6.07 Å². The lowest BCUT2D eigenvalue weighted by molar-refractivity contribution is 0.0593. The van der Waals surface area contributed by atoms with Gasteiger partial charge in [-0.25, -0.2) is 4.79 Å². The SMILES string of the molecule is CNC(=O)c1cccc(-n2cc(C#N)c(N)c2C(=O)OC)c1. The third-order valence-electron chi connectivity index (χ3n) is 3.16. The summed E-state index contributed by atoms with van der Waals surface area (Å²) >= 11 is 0. The molecule has 1 amide bonds. The fraction of sp³-hybridized carbons (Fsp3) is 0.133. The van der Waals surface area contributed by atoms with Gasteiger partial charge < -0.3 is 20.4 Å². The van der Waals surface area contributed by atoms with Crippen molar-refractivity contribution in [3.05, 3.63) is 47.3 Å². The number of nitrogens with zero attached hydrogens (tertiary/aromatic N) is 2. The standard InChI is InChI=1S/C15H14N4O3/c1-18-14(20)9-4-3-5-11(6-9)19-8-10(7-16)12(17)13(19)15(21)22-2/h3-6,8H,17H2,1-2H3,(H,18,20). The predicted octanol–water partition coefficient (Wildman–Crippen LogP) is 1.08. The lowest BCUT2D eigenvalue weighted by atomic mass is 10.2. The molecule has 1 heterocycles. The van der Waals surface area contributed by atoms with E-state index in [4.69, 9.17) is 15.7 Å². The third kappa shape index (κ3) is 2.50. The number of nitrogen functional groups attached to an aromatic ring is 1. The van der Waals surface area contributed by atoms with Gasteiger partial charge >= 0.3 is 5.97 Å². The number of carbonyl (C=O) groups is 2. The molecule has 0 aliphatic rings. The number of hydrogen-bond acceptors (Lipinski definition) is 5. The van der Waals surface area contributed by atoms with E-state index in [1.54, 1.807) is 24.3 Å². The normalized spacial score (nSPS) is 9.86. The van der Waals surface area contributed by atoms with Crippen LogP contribution >= 0.6 is 0 Å². The predicted molar refractivity (Wildman–Crippen MR) is 79.6 cm³/mol. The molecule has 1 aromatic heterocycles. The summed E-state index contributed by atoms with van der Waals surface area (Å²) in [6.07, 6.45) is 1.44. The molecule has 0 aliphatic heterocycles. The van der Waals surface area contributed by atoms with Gasteiger partial charge in [-0.3, -0.25) is 4.79 Å². The molecular weight excluding hydrogens is 284 g/mol. The van der Waals surface area contributed by atoms with Gasteiger partial charge in [0.2, 0.25) is 0 Å². The summed E-state index contributed by atoms with van der Waals surface area (Å²) in [6, 6.07) is 8.51. The quantitative estimate of drug-likeness (QED) is 0.824. The number of anilines is 1. The summed E-state index contributed by atoms with van der Waals surface area (Å²) in [7, 11) is 2.75. The number of hydrogen-bond donors (Lipinski definition) is 2. The van der Waals surface area contributed by atoms with Crippen LogP contribution in [-0.2, 0) is 4.74 Å². The largest absolute Gasteiger partial charge is 0.464 e. The van der Waals surface area contributed by atoms with Gasteiger partial charge in [0.15, 0.2) is 5.69 Å². The molecule has 0 fully saturated rings. The monoisotopic (exact) mass is 298 g/mol. The van der Waals surface area contributed by atoms with Crippen molar-refractivity contribution >= 4 is 17.6 Å². The van der Waals surface area contributed by atoms with E-state index in [9.17, 15) is 9.59 Å². The van der Waals surface area contributed by atoms with E-state index < -0.39 is 5.97 Å². The van der Waals surface area contributed by atoms with Gasteiger partial charge in [0.05, 0.1) is 18.4 Å². The Morgan fingerprint density at radius 1 is 1.41 bits per heavy atom. The first-order valence-electron chi connectivity index (χ1n) is 6.35. The molecule has 1 aromatic carbocycles. The molecule has 3 N–H and O–H groups in total. The molecule has 0 spiro atoms. The van der Waals surface area contributed by atoms with E-state index in [0.717, 1.165) is 0 Å². The van der Waals surface area contributed by atoms with Crippen LogP contribution in [0.4, 0.5) is 5.69 Å². The number of amides is 1. The number of benzene rings is 1. The second-order valence-electron chi connectivity index (χ2n) is 4.41. The Balaban J connectivity index is 2.65. The molecule has 0 atom stereocenters. The average Bonchev–Trinajstić information content (AvgIpc) is 2.90. The van der Waals surface area contributed by atoms with E-state index in [1.165, 1.54) is 24.9 Å². The number of nitriles is 1. The summed E-state index contributed by atoms with van der Waals surface area (Å²) < 4.78 is 6.14. The second-order valence-corrected chi connectivity index (χ2v) is 4.41. The molecule has 7 heteroatoms. The minimum Gasteiger partial charge on any atom is -0.464 e. The van der Waals surface area contributed by atoms with Crippen molar-refractivity contribution in [3.8, 4) is 11.8 Å². The molecule has 0 saturated heterocycles. The second kappa shape index (κ2) is 6.01. The molecule has 0 aliphatic carbocycles. The van der Waals surface area contributed by atoms with Crippen molar-refractivity contribution in [2.45, 2.75) is 0 Å². The number of carbonyl (C=O) groups excluding carboxylic acids is 2. The van der Waals surface area contributed by atoms with Crippen molar-refractivity contribution in [1.29, 1.82) is 5.26 Å². The minimum atomic E-state index is -0.663. The molecule has 0 saturated carbocycles. The van der Waals surface area contributed by atoms with E-state index in [-0.39, 0.29) is 22.9 Å². The highest BCUT2D eigenvalue weighted by molar-refractivity contribution is 5.97. The summed E-state index contributed by atoms with van der Waals surface area (Å²) in [5, 5.41) is 11.6. The smallest absolute Gasteiger partial charge is 0.357 e. The number of aromatic nitrogens is 1. The summed E-state index contributed by atoms with van der Waals surface area (Å²) in [5.74, 6) is -0.925. The molecule has 112 valence electrons. The summed E-state index contributed by atoms with van der Waals surface area (Å²) in [6.45, 7) is 0. The zero-order valence-corrected chi connectivity index (χ0v) is 12.1. The van der Waals surface area contributed by atoms with Gasteiger partial charge in [0, 0.05) is 24.5 Å². The molecule has 2 aromatic rings. The lowest BCUT2D eigenvalue weighted by Gasteiger charge is -2.09. The third-order valence-corrected chi connectivity index (χ3v) is 3.16. The molecule has 7 nitrogen and oxygen atoms in total. The van der Waals surface area contributed by atoms with Crippen molar-refractivity contribution in [2.75, 3.05) is 19.9 Å². The first kappa shape index (κ1) is 15.1. The van der Waals surface area contributed by atoms with Gasteiger partial charge in [-0.1, -0.05) is 6.07 Å². The molecule has 22 heavy (non-hydrogen) atoms.